The number of aromatic nitrogens is 1. The Bertz CT molecular complexity index is 1490. The number of anilines is 1. The number of rotatable bonds is 6. The maximum atomic E-state index is 13.1. The van der Waals surface area contributed by atoms with Gasteiger partial charge in [-0.2, -0.15) is 4.31 Å². The Balaban J connectivity index is 1.15. The highest BCUT2D eigenvalue weighted by Crippen LogP contribution is 2.31. The van der Waals surface area contributed by atoms with E-state index in [0.717, 1.165) is 32.9 Å². The summed E-state index contributed by atoms with van der Waals surface area (Å²) in [4.78, 5) is 19.3. The lowest BCUT2D eigenvalue weighted by molar-refractivity contribution is -0.117. The van der Waals surface area contributed by atoms with Crippen molar-refractivity contribution in [3.63, 3.8) is 0 Å². The Morgan fingerprint density at radius 3 is 2.39 bits per heavy atom. The van der Waals surface area contributed by atoms with Gasteiger partial charge in [0.2, 0.25) is 15.9 Å². The number of carbonyl (C=O) groups excluding carboxylic acids is 1. The van der Waals surface area contributed by atoms with E-state index in [1.165, 1.54) is 22.0 Å². The zero-order valence-corrected chi connectivity index (χ0v) is 21.3. The van der Waals surface area contributed by atoms with Gasteiger partial charge in [-0.15, -0.1) is 11.3 Å². The number of carbonyl (C=O) groups is 1. The van der Waals surface area contributed by atoms with Gasteiger partial charge in [-0.1, -0.05) is 6.07 Å². The number of nitrogens with one attached hydrogen (secondary N) is 1. The van der Waals surface area contributed by atoms with E-state index in [1.807, 2.05) is 35.2 Å². The summed E-state index contributed by atoms with van der Waals surface area (Å²) in [5, 5.41) is 3.84. The third kappa shape index (κ3) is 5.31. The van der Waals surface area contributed by atoms with Crippen molar-refractivity contribution in [2.45, 2.75) is 11.8 Å². The third-order valence-corrected chi connectivity index (χ3v) is 9.09. The molecular weight excluding hydrogens is 499 g/mol. The first kappa shape index (κ1) is 24.5. The SMILES string of the molecule is Cc1ccc2nc(-c3ccc(NC(=O)CN4CCN(S(=O)(=O)c5ccc(F)cc5)CC4)cc3)sc2c1. The van der Waals surface area contributed by atoms with Gasteiger partial charge >= 0.3 is 0 Å². The van der Waals surface area contributed by atoms with E-state index in [2.05, 4.69) is 24.4 Å². The lowest BCUT2D eigenvalue weighted by Crippen LogP contribution is -2.50. The molecule has 10 heteroatoms. The Kier molecular flexibility index (Phi) is 6.85. The molecule has 0 aliphatic carbocycles. The van der Waals surface area contributed by atoms with E-state index in [-0.39, 0.29) is 30.4 Å². The predicted octanol–water partition coefficient (Wildman–Crippen LogP) is 4.36. The van der Waals surface area contributed by atoms with Crippen LogP contribution in [0.3, 0.4) is 0 Å². The zero-order valence-electron chi connectivity index (χ0n) is 19.6. The standard InChI is InChI=1S/C26H25FN4O3S2/c1-18-2-11-23-24(16-18)35-26(29-23)19-3-7-21(8-4-19)28-25(32)17-30-12-14-31(15-13-30)36(33,34)22-9-5-20(27)6-10-22/h2-11,16H,12-15,17H2,1H3,(H,28,32). The molecule has 1 aliphatic heterocycles. The van der Waals surface area contributed by atoms with E-state index < -0.39 is 15.8 Å². The van der Waals surface area contributed by atoms with E-state index in [9.17, 15) is 17.6 Å². The first-order valence-electron chi connectivity index (χ1n) is 11.5. The number of nitrogens with zero attached hydrogens (tertiary/aromatic N) is 3. The lowest BCUT2D eigenvalue weighted by atomic mass is 10.2. The molecule has 186 valence electrons. The van der Waals surface area contributed by atoms with Crippen LogP contribution in [0.4, 0.5) is 10.1 Å². The van der Waals surface area contributed by atoms with Crippen molar-refractivity contribution in [2.24, 2.45) is 0 Å². The Labute approximate surface area is 213 Å². The molecule has 3 aromatic carbocycles. The molecule has 1 fully saturated rings. The van der Waals surface area contributed by atoms with Crippen molar-refractivity contribution in [1.29, 1.82) is 0 Å². The number of amides is 1. The fourth-order valence-corrected chi connectivity index (χ4v) is 6.63. The summed E-state index contributed by atoms with van der Waals surface area (Å²) in [6.45, 7) is 3.63. The molecule has 1 saturated heterocycles. The fourth-order valence-electron chi connectivity index (χ4n) is 4.14. The minimum absolute atomic E-state index is 0.0690. The number of piperazine rings is 1. The Hall–Kier alpha value is -3.18. The number of hydrogen-bond donors (Lipinski definition) is 1. The second kappa shape index (κ2) is 10.1. The van der Waals surface area contributed by atoms with E-state index in [4.69, 9.17) is 4.98 Å². The van der Waals surface area contributed by atoms with Crippen LogP contribution in [0.1, 0.15) is 5.56 Å². The largest absolute Gasteiger partial charge is 0.325 e. The second-order valence-electron chi connectivity index (χ2n) is 8.75. The van der Waals surface area contributed by atoms with Gasteiger partial charge in [0, 0.05) is 37.4 Å². The van der Waals surface area contributed by atoms with Crippen molar-refractivity contribution >= 4 is 43.2 Å². The number of halogens is 1. The molecule has 1 aliphatic rings. The molecule has 0 saturated carbocycles. The topological polar surface area (TPSA) is 82.6 Å². The molecule has 4 aromatic rings. The van der Waals surface area contributed by atoms with Crippen LogP contribution in [0.2, 0.25) is 0 Å². The Morgan fingerprint density at radius 1 is 1.00 bits per heavy atom. The number of thiazole rings is 1. The summed E-state index contributed by atoms with van der Waals surface area (Å²) in [7, 11) is -3.68. The molecule has 0 spiro atoms. The molecule has 7 nitrogen and oxygen atoms in total. The third-order valence-electron chi connectivity index (χ3n) is 6.11. The van der Waals surface area contributed by atoms with Gasteiger partial charge in [0.1, 0.15) is 10.8 Å². The van der Waals surface area contributed by atoms with Crippen molar-refractivity contribution in [2.75, 3.05) is 38.0 Å². The number of hydrogen-bond acceptors (Lipinski definition) is 6. The summed E-state index contributed by atoms with van der Waals surface area (Å²) in [5.74, 6) is -0.640. The van der Waals surface area contributed by atoms with Crippen molar-refractivity contribution in [1.82, 2.24) is 14.2 Å². The van der Waals surface area contributed by atoms with Crippen LogP contribution in [0.5, 0.6) is 0 Å². The molecule has 1 amide bonds. The Morgan fingerprint density at radius 2 is 1.69 bits per heavy atom. The van der Waals surface area contributed by atoms with Gasteiger partial charge in [-0.3, -0.25) is 9.69 Å². The average Bonchev–Trinajstić information content (AvgIpc) is 3.28. The monoisotopic (exact) mass is 524 g/mol. The van der Waals surface area contributed by atoms with Gasteiger partial charge in [0.05, 0.1) is 21.7 Å². The lowest BCUT2D eigenvalue weighted by Gasteiger charge is -2.33. The molecule has 1 N–H and O–H groups in total. The number of aryl methyl sites for hydroxylation is 1. The molecular formula is C26H25FN4O3S2. The van der Waals surface area contributed by atoms with Crippen LogP contribution in [0.25, 0.3) is 20.8 Å². The highest BCUT2D eigenvalue weighted by atomic mass is 32.2. The van der Waals surface area contributed by atoms with Crippen molar-refractivity contribution in [3.8, 4) is 10.6 Å². The fraction of sp³-hybridized carbons (Fsp3) is 0.231. The maximum Gasteiger partial charge on any atom is 0.243 e. The minimum Gasteiger partial charge on any atom is -0.325 e. The summed E-state index contributed by atoms with van der Waals surface area (Å²) in [5.41, 5.74) is 3.86. The summed E-state index contributed by atoms with van der Waals surface area (Å²) in [6, 6.07) is 18.6. The highest BCUT2D eigenvalue weighted by molar-refractivity contribution is 7.89. The first-order chi connectivity index (χ1) is 17.3. The van der Waals surface area contributed by atoms with Crippen LogP contribution in [-0.4, -0.2) is 61.2 Å². The molecule has 0 atom stereocenters. The number of benzene rings is 3. The van der Waals surface area contributed by atoms with Gasteiger partial charge < -0.3 is 5.32 Å². The maximum absolute atomic E-state index is 13.1. The summed E-state index contributed by atoms with van der Waals surface area (Å²) >= 11 is 1.64. The highest BCUT2D eigenvalue weighted by Gasteiger charge is 2.29. The van der Waals surface area contributed by atoms with Crippen LogP contribution in [0.15, 0.2) is 71.6 Å². The molecule has 0 unspecified atom stereocenters. The zero-order chi connectivity index (χ0) is 25.3. The minimum atomic E-state index is -3.68. The van der Waals surface area contributed by atoms with Crippen LogP contribution in [0, 0.1) is 12.7 Å². The average molecular weight is 525 g/mol. The molecule has 0 radical (unpaired) electrons. The van der Waals surface area contributed by atoms with Crippen LogP contribution >= 0.6 is 11.3 Å². The van der Waals surface area contributed by atoms with Crippen molar-refractivity contribution in [3.05, 3.63) is 78.1 Å². The summed E-state index contributed by atoms with van der Waals surface area (Å²) < 4.78 is 41.2. The van der Waals surface area contributed by atoms with Gasteiger partial charge in [-0.05, 0) is 73.2 Å². The van der Waals surface area contributed by atoms with E-state index in [0.29, 0.717) is 18.8 Å². The molecule has 36 heavy (non-hydrogen) atoms. The second-order valence-corrected chi connectivity index (χ2v) is 11.7. The van der Waals surface area contributed by atoms with Crippen molar-refractivity contribution < 1.29 is 17.6 Å². The van der Waals surface area contributed by atoms with Crippen LogP contribution in [-0.2, 0) is 14.8 Å². The summed E-state index contributed by atoms with van der Waals surface area (Å²) in [6.07, 6.45) is 0. The van der Waals surface area contributed by atoms with Gasteiger partial charge in [0.25, 0.3) is 0 Å². The number of sulfonamides is 1. The van der Waals surface area contributed by atoms with E-state index in [1.54, 1.807) is 11.3 Å². The molecule has 1 aromatic heterocycles. The van der Waals surface area contributed by atoms with Gasteiger partial charge in [0.15, 0.2) is 0 Å². The number of fused-ring (bicyclic) bond motifs is 1. The normalized spacial score (nSPS) is 15.3. The predicted molar refractivity (Wildman–Crippen MR) is 140 cm³/mol. The van der Waals surface area contributed by atoms with Crippen LogP contribution < -0.4 is 5.32 Å². The molecule has 5 rings (SSSR count). The quantitative estimate of drug-likeness (QED) is 0.405. The molecule has 2 heterocycles. The smallest absolute Gasteiger partial charge is 0.243 e. The van der Waals surface area contributed by atoms with Gasteiger partial charge in [-0.25, -0.2) is 17.8 Å². The molecule has 0 bridgehead atoms. The van der Waals surface area contributed by atoms with E-state index >= 15 is 0 Å². The first-order valence-corrected chi connectivity index (χ1v) is 13.8.